The predicted molar refractivity (Wildman–Crippen MR) is 76.0 cm³/mol. The maximum absolute atomic E-state index is 12.6. The topological polar surface area (TPSA) is 42.1 Å². The highest BCUT2D eigenvalue weighted by Crippen LogP contribution is 2.24. The van der Waals surface area contributed by atoms with Crippen LogP contribution in [0.5, 0.6) is 5.75 Å². The number of nitrogens with one attached hydrogen (secondary N) is 1. The zero-order valence-corrected chi connectivity index (χ0v) is 11.8. The maximum atomic E-state index is 12.6. The molecule has 100 valence electrons. The molecule has 0 radical (unpaired) electrons. The van der Waals surface area contributed by atoms with E-state index in [0.717, 1.165) is 16.8 Å². The number of aromatic nitrogens is 1. The van der Waals surface area contributed by atoms with Gasteiger partial charge in [0.2, 0.25) is 5.78 Å². The van der Waals surface area contributed by atoms with Gasteiger partial charge in [-0.05, 0) is 51.0 Å². The van der Waals surface area contributed by atoms with Gasteiger partial charge in [0.25, 0.3) is 0 Å². The van der Waals surface area contributed by atoms with Crippen LogP contribution in [0, 0.1) is 20.8 Å². The number of aromatic amines is 1. The highest BCUT2D eigenvalue weighted by atomic mass is 16.5. The molecule has 0 saturated heterocycles. The maximum Gasteiger partial charge on any atom is 0.213 e. The van der Waals surface area contributed by atoms with Crippen LogP contribution in [0.25, 0.3) is 0 Å². The van der Waals surface area contributed by atoms with Crippen LogP contribution in [-0.2, 0) is 0 Å². The molecule has 0 aliphatic carbocycles. The van der Waals surface area contributed by atoms with E-state index in [1.807, 2.05) is 45.9 Å². The molecule has 0 atom stereocenters. The van der Waals surface area contributed by atoms with Crippen LogP contribution >= 0.6 is 0 Å². The summed E-state index contributed by atoms with van der Waals surface area (Å²) < 4.78 is 5.52. The predicted octanol–water partition coefficient (Wildman–Crippen LogP) is 3.57. The van der Waals surface area contributed by atoms with E-state index in [2.05, 4.69) is 4.98 Å². The van der Waals surface area contributed by atoms with Crippen molar-refractivity contribution in [1.29, 1.82) is 0 Å². The van der Waals surface area contributed by atoms with Gasteiger partial charge >= 0.3 is 0 Å². The summed E-state index contributed by atoms with van der Waals surface area (Å²) in [6.45, 7) is 8.43. The quantitative estimate of drug-likeness (QED) is 0.851. The van der Waals surface area contributed by atoms with Crippen LogP contribution in [-0.4, -0.2) is 17.4 Å². The number of hydrogen-bond donors (Lipinski definition) is 1. The number of benzene rings is 1. The van der Waals surface area contributed by atoms with Gasteiger partial charge in [-0.3, -0.25) is 4.79 Å². The first-order chi connectivity index (χ1) is 9.06. The molecule has 1 heterocycles. The summed E-state index contributed by atoms with van der Waals surface area (Å²) in [5.41, 5.74) is 4.44. The molecule has 0 fully saturated rings. The average molecular weight is 257 g/mol. The number of carbonyl (C=O) groups excluding carboxylic acids is 1. The van der Waals surface area contributed by atoms with Gasteiger partial charge < -0.3 is 9.72 Å². The van der Waals surface area contributed by atoms with Gasteiger partial charge in [-0.25, -0.2) is 0 Å². The summed E-state index contributed by atoms with van der Waals surface area (Å²) in [6.07, 6.45) is 0. The SMILES string of the molecule is CCOc1ccccc1C(=O)c1[nH]c(C)c(C)c1C. The molecular formula is C16H19NO2. The van der Waals surface area contributed by atoms with Crippen molar-refractivity contribution in [2.75, 3.05) is 6.61 Å². The summed E-state index contributed by atoms with van der Waals surface area (Å²) in [5, 5.41) is 0. The lowest BCUT2D eigenvalue weighted by atomic mass is 10.0. The third-order valence-corrected chi connectivity index (χ3v) is 3.47. The van der Waals surface area contributed by atoms with Gasteiger partial charge in [0.05, 0.1) is 17.9 Å². The van der Waals surface area contributed by atoms with E-state index in [1.54, 1.807) is 6.07 Å². The number of ether oxygens (including phenoxy) is 1. The normalized spacial score (nSPS) is 10.5. The fourth-order valence-electron chi connectivity index (χ4n) is 2.14. The Morgan fingerprint density at radius 1 is 1.16 bits per heavy atom. The van der Waals surface area contributed by atoms with Crippen LogP contribution in [0.15, 0.2) is 24.3 Å². The zero-order valence-electron chi connectivity index (χ0n) is 11.8. The Morgan fingerprint density at radius 3 is 2.42 bits per heavy atom. The van der Waals surface area contributed by atoms with Gasteiger partial charge in [-0.15, -0.1) is 0 Å². The average Bonchev–Trinajstić information content (AvgIpc) is 2.67. The molecule has 1 aromatic carbocycles. The second-order valence-corrected chi connectivity index (χ2v) is 4.63. The fraction of sp³-hybridized carbons (Fsp3) is 0.312. The minimum Gasteiger partial charge on any atom is -0.493 e. The molecule has 0 saturated carbocycles. The number of aryl methyl sites for hydroxylation is 1. The molecule has 0 spiro atoms. The van der Waals surface area contributed by atoms with Crippen molar-refractivity contribution < 1.29 is 9.53 Å². The third kappa shape index (κ3) is 2.41. The highest BCUT2D eigenvalue weighted by Gasteiger charge is 2.19. The third-order valence-electron chi connectivity index (χ3n) is 3.47. The minimum atomic E-state index is -0.0160. The number of H-pyrrole nitrogens is 1. The van der Waals surface area contributed by atoms with Crippen molar-refractivity contribution >= 4 is 5.78 Å². The summed E-state index contributed by atoms with van der Waals surface area (Å²) in [5.74, 6) is 0.622. The van der Waals surface area contributed by atoms with E-state index in [0.29, 0.717) is 23.6 Å². The van der Waals surface area contributed by atoms with E-state index >= 15 is 0 Å². The number of carbonyl (C=O) groups is 1. The van der Waals surface area contributed by atoms with Crippen LogP contribution in [0.2, 0.25) is 0 Å². The molecular weight excluding hydrogens is 238 g/mol. The van der Waals surface area contributed by atoms with E-state index in [4.69, 9.17) is 4.74 Å². The largest absolute Gasteiger partial charge is 0.493 e. The lowest BCUT2D eigenvalue weighted by molar-refractivity contribution is 0.103. The molecule has 0 aliphatic rings. The van der Waals surface area contributed by atoms with Gasteiger partial charge in [0.1, 0.15) is 5.75 Å². The Kier molecular flexibility index (Phi) is 3.74. The Bertz CT molecular complexity index is 611. The first-order valence-electron chi connectivity index (χ1n) is 6.48. The smallest absolute Gasteiger partial charge is 0.213 e. The molecule has 1 aromatic heterocycles. The number of ketones is 1. The van der Waals surface area contributed by atoms with Crippen molar-refractivity contribution in [1.82, 2.24) is 4.98 Å². The fourth-order valence-corrected chi connectivity index (χ4v) is 2.14. The minimum absolute atomic E-state index is 0.0160. The highest BCUT2D eigenvalue weighted by molar-refractivity contribution is 6.10. The van der Waals surface area contributed by atoms with E-state index in [1.165, 1.54) is 0 Å². The number of rotatable bonds is 4. The molecule has 2 rings (SSSR count). The number of hydrogen-bond acceptors (Lipinski definition) is 2. The molecule has 0 bridgehead atoms. The number of para-hydroxylation sites is 1. The first kappa shape index (κ1) is 13.4. The summed E-state index contributed by atoms with van der Waals surface area (Å²) in [4.78, 5) is 15.8. The van der Waals surface area contributed by atoms with Crippen molar-refractivity contribution in [3.63, 3.8) is 0 Å². The Labute approximate surface area is 113 Å². The van der Waals surface area contributed by atoms with Gasteiger partial charge in [-0.1, -0.05) is 12.1 Å². The molecule has 0 unspecified atom stereocenters. The van der Waals surface area contributed by atoms with Crippen LogP contribution < -0.4 is 4.74 Å². The Morgan fingerprint density at radius 2 is 1.84 bits per heavy atom. The molecule has 2 aromatic rings. The van der Waals surface area contributed by atoms with Crippen LogP contribution in [0.1, 0.15) is 39.8 Å². The van der Waals surface area contributed by atoms with Gasteiger partial charge in [0, 0.05) is 5.69 Å². The molecule has 0 aliphatic heterocycles. The standard InChI is InChI=1S/C16H19NO2/c1-5-19-14-9-7-6-8-13(14)16(18)15-11(3)10(2)12(4)17-15/h6-9,17H,5H2,1-4H3. The van der Waals surface area contributed by atoms with E-state index in [-0.39, 0.29) is 5.78 Å². The molecule has 0 amide bonds. The van der Waals surface area contributed by atoms with Crippen LogP contribution in [0.3, 0.4) is 0 Å². The second-order valence-electron chi connectivity index (χ2n) is 4.63. The van der Waals surface area contributed by atoms with Crippen molar-refractivity contribution in [2.24, 2.45) is 0 Å². The Hall–Kier alpha value is -2.03. The second kappa shape index (κ2) is 5.31. The first-order valence-corrected chi connectivity index (χ1v) is 6.48. The van der Waals surface area contributed by atoms with Gasteiger partial charge in [0.15, 0.2) is 0 Å². The van der Waals surface area contributed by atoms with Crippen molar-refractivity contribution in [3.05, 3.63) is 52.3 Å². The van der Waals surface area contributed by atoms with Crippen molar-refractivity contribution in [3.8, 4) is 5.75 Å². The monoisotopic (exact) mass is 257 g/mol. The van der Waals surface area contributed by atoms with E-state index in [9.17, 15) is 4.79 Å². The molecule has 1 N–H and O–H groups in total. The van der Waals surface area contributed by atoms with Crippen molar-refractivity contribution in [2.45, 2.75) is 27.7 Å². The lowest BCUT2D eigenvalue weighted by Crippen LogP contribution is -2.07. The summed E-state index contributed by atoms with van der Waals surface area (Å²) in [7, 11) is 0. The summed E-state index contributed by atoms with van der Waals surface area (Å²) >= 11 is 0. The molecule has 3 heteroatoms. The summed E-state index contributed by atoms with van der Waals surface area (Å²) in [6, 6.07) is 7.36. The van der Waals surface area contributed by atoms with Gasteiger partial charge in [-0.2, -0.15) is 0 Å². The zero-order chi connectivity index (χ0) is 14.0. The van der Waals surface area contributed by atoms with E-state index < -0.39 is 0 Å². The molecule has 19 heavy (non-hydrogen) atoms. The Balaban J connectivity index is 2.47. The molecule has 3 nitrogen and oxygen atoms in total. The van der Waals surface area contributed by atoms with Crippen LogP contribution in [0.4, 0.5) is 0 Å². The lowest BCUT2D eigenvalue weighted by Gasteiger charge is -2.08.